The number of nitrogens with zero attached hydrogens (tertiary/aromatic N) is 1. The highest BCUT2D eigenvalue weighted by atomic mass is 79.9. The molecule has 1 aliphatic heterocycles. The second kappa shape index (κ2) is 6.19. The summed E-state index contributed by atoms with van der Waals surface area (Å²) in [5.41, 5.74) is 0. The Morgan fingerprint density at radius 1 is 1.14 bits per heavy atom. The maximum atomic E-state index is 13.0. The molecule has 0 bridgehead atoms. The van der Waals surface area contributed by atoms with Gasteiger partial charge in [0.25, 0.3) is 0 Å². The summed E-state index contributed by atoms with van der Waals surface area (Å²) in [4.78, 5) is 0.235. The molecule has 0 aromatic heterocycles. The summed E-state index contributed by atoms with van der Waals surface area (Å²) in [5.74, 6) is 0.525. The minimum atomic E-state index is -3.50. The van der Waals surface area contributed by atoms with Crippen LogP contribution in [0.1, 0.15) is 38.5 Å². The Morgan fingerprint density at radius 2 is 1.86 bits per heavy atom. The molecule has 0 amide bonds. The van der Waals surface area contributed by atoms with E-state index in [-0.39, 0.29) is 10.9 Å². The van der Waals surface area contributed by atoms with E-state index < -0.39 is 10.0 Å². The molecule has 2 unspecified atom stereocenters. The van der Waals surface area contributed by atoms with Crippen LogP contribution in [0.25, 0.3) is 0 Å². The average Bonchev–Trinajstić information content (AvgIpc) is 2.46. The van der Waals surface area contributed by atoms with Crippen LogP contribution < -0.4 is 0 Å². The van der Waals surface area contributed by atoms with Gasteiger partial charge in [-0.3, -0.25) is 0 Å². The molecule has 1 saturated heterocycles. The van der Waals surface area contributed by atoms with Crippen molar-refractivity contribution < 1.29 is 8.42 Å². The van der Waals surface area contributed by atoms with Gasteiger partial charge in [0.15, 0.2) is 0 Å². The Labute approximate surface area is 139 Å². The lowest BCUT2D eigenvalue weighted by atomic mass is 9.79. The van der Waals surface area contributed by atoms with Crippen LogP contribution >= 0.6 is 27.5 Å². The fourth-order valence-electron chi connectivity index (χ4n) is 3.69. The van der Waals surface area contributed by atoms with E-state index in [1.54, 1.807) is 22.5 Å². The summed E-state index contributed by atoms with van der Waals surface area (Å²) in [5, 5.41) is 0.294. The van der Waals surface area contributed by atoms with E-state index in [1.807, 2.05) is 0 Å². The first-order chi connectivity index (χ1) is 10.00. The van der Waals surface area contributed by atoms with Gasteiger partial charge in [-0.25, -0.2) is 8.42 Å². The van der Waals surface area contributed by atoms with Crippen LogP contribution in [0.4, 0.5) is 0 Å². The number of piperidine rings is 1. The SMILES string of the molecule is O=S(=O)(c1ccc(Br)cc1Cl)N1CCCC2CCCCC21. The lowest BCUT2D eigenvalue weighted by Gasteiger charge is -2.43. The molecule has 2 fully saturated rings. The quantitative estimate of drug-likeness (QED) is 0.746. The maximum absolute atomic E-state index is 13.0. The van der Waals surface area contributed by atoms with Crippen LogP contribution in [0.15, 0.2) is 27.6 Å². The molecule has 1 aromatic carbocycles. The number of fused-ring (bicyclic) bond motifs is 1. The topological polar surface area (TPSA) is 37.4 Å². The van der Waals surface area contributed by atoms with E-state index in [4.69, 9.17) is 11.6 Å². The first-order valence-corrected chi connectivity index (χ1v) is 10.1. The smallest absolute Gasteiger partial charge is 0.207 e. The molecule has 2 aliphatic rings. The Balaban J connectivity index is 1.96. The Kier molecular flexibility index (Phi) is 4.65. The lowest BCUT2D eigenvalue weighted by molar-refractivity contribution is 0.129. The highest BCUT2D eigenvalue weighted by molar-refractivity contribution is 9.10. The molecule has 0 radical (unpaired) electrons. The van der Waals surface area contributed by atoms with Gasteiger partial charge >= 0.3 is 0 Å². The van der Waals surface area contributed by atoms with E-state index in [0.29, 0.717) is 17.5 Å². The van der Waals surface area contributed by atoms with E-state index in [9.17, 15) is 8.42 Å². The summed E-state index contributed by atoms with van der Waals surface area (Å²) in [6.45, 7) is 0.621. The van der Waals surface area contributed by atoms with Gasteiger partial charge in [0, 0.05) is 17.1 Å². The summed E-state index contributed by atoms with van der Waals surface area (Å²) in [7, 11) is -3.50. The third-order valence-corrected chi connectivity index (χ3v) is 7.57. The number of benzene rings is 1. The normalized spacial score (nSPS) is 27.3. The van der Waals surface area contributed by atoms with Gasteiger partial charge in [0.1, 0.15) is 4.90 Å². The number of rotatable bonds is 2. The minimum Gasteiger partial charge on any atom is -0.207 e. The van der Waals surface area contributed by atoms with Crippen LogP contribution in [0, 0.1) is 5.92 Å². The molecule has 21 heavy (non-hydrogen) atoms. The molecular formula is C15H19BrClNO2S. The van der Waals surface area contributed by atoms with Crippen LogP contribution in [-0.4, -0.2) is 25.3 Å². The predicted octanol–water partition coefficient (Wildman–Crippen LogP) is 4.45. The largest absolute Gasteiger partial charge is 0.244 e. The monoisotopic (exact) mass is 391 g/mol. The van der Waals surface area contributed by atoms with Crippen molar-refractivity contribution >= 4 is 37.6 Å². The van der Waals surface area contributed by atoms with Gasteiger partial charge in [-0.2, -0.15) is 4.31 Å². The lowest BCUT2D eigenvalue weighted by Crippen LogP contribution is -2.49. The Morgan fingerprint density at radius 3 is 2.62 bits per heavy atom. The van der Waals surface area contributed by atoms with Crippen LogP contribution in [0.2, 0.25) is 5.02 Å². The van der Waals surface area contributed by atoms with Crippen molar-refractivity contribution in [2.45, 2.75) is 49.5 Å². The van der Waals surface area contributed by atoms with Gasteiger partial charge in [0.2, 0.25) is 10.0 Å². The molecular weight excluding hydrogens is 374 g/mol. The van der Waals surface area contributed by atoms with E-state index in [0.717, 1.165) is 36.6 Å². The van der Waals surface area contributed by atoms with Crippen molar-refractivity contribution in [3.63, 3.8) is 0 Å². The number of sulfonamides is 1. The van der Waals surface area contributed by atoms with Crippen molar-refractivity contribution in [1.29, 1.82) is 0 Å². The zero-order chi connectivity index (χ0) is 15.0. The highest BCUT2D eigenvalue weighted by Gasteiger charge is 2.40. The van der Waals surface area contributed by atoms with Crippen LogP contribution in [0.3, 0.4) is 0 Å². The number of hydrogen-bond donors (Lipinski definition) is 0. The van der Waals surface area contributed by atoms with Crippen molar-refractivity contribution in [3.8, 4) is 0 Å². The molecule has 0 spiro atoms. The molecule has 1 aliphatic carbocycles. The molecule has 3 rings (SSSR count). The third kappa shape index (κ3) is 3.03. The highest BCUT2D eigenvalue weighted by Crippen LogP contribution is 2.39. The second-order valence-corrected chi connectivity index (χ2v) is 9.13. The first kappa shape index (κ1) is 15.8. The maximum Gasteiger partial charge on any atom is 0.244 e. The summed E-state index contributed by atoms with van der Waals surface area (Å²) in [6, 6.07) is 5.16. The van der Waals surface area contributed by atoms with Gasteiger partial charge in [-0.05, 0) is 49.8 Å². The van der Waals surface area contributed by atoms with E-state index in [2.05, 4.69) is 15.9 Å². The van der Waals surface area contributed by atoms with E-state index >= 15 is 0 Å². The van der Waals surface area contributed by atoms with Crippen molar-refractivity contribution in [2.24, 2.45) is 5.92 Å². The number of halogens is 2. The summed E-state index contributed by atoms with van der Waals surface area (Å²) < 4.78 is 28.5. The molecule has 116 valence electrons. The van der Waals surface area contributed by atoms with Crippen molar-refractivity contribution in [2.75, 3.05) is 6.54 Å². The van der Waals surface area contributed by atoms with Gasteiger partial charge in [0.05, 0.1) is 5.02 Å². The van der Waals surface area contributed by atoms with E-state index in [1.165, 1.54) is 6.42 Å². The molecule has 1 heterocycles. The second-order valence-electron chi connectivity index (χ2n) is 5.94. The first-order valence-electron chi connectivity index (χ1n) is 7.47. The predicted molar refractivity (Wildman–Crippen MR) is 88.0 cm³/mol. The van der Waals surface area contributed by atoms with Crippen molar-refractivity contribution in [3.05, 3.63) is 27.7 Å². The molecule has 6 heteroatoms. The number of hydrogen-bond acceptors (Lipinski definition) is 2. The fourth-order valence-corrected chi connectivity index (χ4v) is 6.46. The molecule has 0 N–H and O–H groups in total. The summed E-state index contributed by atoms with van der Waals surface area (Å²) in [6.07, 6.45) is 6.61. The third-order valence-electron chi connectivity index (χ3n) is 4.67. The van der Waals surface area contributed by atoms with Gasteiger partial charge in [-0.15, -0.1) is 0 Å². The fraction of sp³-hybridized carbons (Fsp3) is 0.600. The Hall–Kier alpha value is -0.100. The van der Waals surface area contributed by atoms with Gasteiger partial charge < -0.3 is 0 Å². The van der Waals surface area contributed by atoms with Gasteiger partial charge in [-0.1, -0.05) is 40.4 Å². The molecule has 1 aromatic rings. The Bertz CT molecular complexity index is 633. The zero-order valence-corrected chi connectivity index (χ0v) is 14.9. The summed E-state index contributed by atoms with van der Waals surface area (Å²) >= 11 is 9.49. The molecule has 2 atom stereocenters. The van der Waals surface area contributed by atoms with Crippen LogP contribution in [-0.2, 0) is 10.0 Å². The molecule has 1 saturated carbocycles. The standard InChI is InChI=1S/C15H19BrClNO2S/c16-12-7-8-15(13(17)10-12)21(19,20)18-9-3-5-11-4-1-2-6-14(11)18/h7-8,10-11,14H,1-6,9H2. The average molecular weight is 393 g/mol. The minimum absolute atomic E-state index is 0.164. The zero-order valence-electron chi connectivity index (χ0n) is 11.8. The van der Waals surface area contributed by atoms with Crippen LogP contribution in [0.5, 0.6) is 0 Å². The molecule has 3 nitrogen and oxygen atoms in total. The van der Waals surface area contributed by atoms with Crippen molar-refractivity contribution in [1.82, 2.24) is 4.31 Å².